The van der Waals surface area contributed by atoms with Gasteiger partial charge in [0.05, 0.1) is 5.41 Å². The Labute approximate surface area is 109 Å². The van der Waals surface area contributed by atoms with Crippen LogP contribution < -0.4 is 0 Å². The van der Waals surface area contributed by atoms with Crippen LogP contribution in [-0.2, 0) is 9.57 Å². The second-order valence-corrected chi connectivity index (χ2v) is 5.74. The van der Waals surface area contributed by atoms with E-state index in [9.17, 15) is 0 Å². The van der Waals surface area contributed by atoms with E-state index >= 15 is 0 Å². The van der Waals surface area contributed by atoms with Gasteiger partial charge in [-0.1, -0.05) is 55.0 Å². The molecule has 3 nitrogen and oxygen atoms in total. The Kier molecular flexibility index (Phi) is 3.33. The van der Waals surface area contributed by atoms with Crippen LogP contribution in [0.25, 0.3) is 0 Å². The van der Waals surface area contributed by atoms with Crippen molar-refractivity contribution in [3.05, 3.63) is 36.0 Å². The van der Waals surface area contributed by atoms with E-state index in [4.69, 9.17) is 9.57 Å². The molecule has 98 valence electrons. The fourth-order valence-corrected chi connectivity index (χ4v) is 2.13. The summed E-state index contributed by atoms with van der Waals surface area (Å²) >= 11 is 0. The first-order chi connectivity index (χ1) is 8.41. The van der Waals surface area contributed by atoms with Crippen molar-refractivity contribution in [3.63, 3.8) is 0 Å². The van der Waals surface area contributed by atoms with Gasteiger partial charge in [-0.05, 0) is 13.8 Å². The first kappa shape index (κ1) is 12.9. The average molecular weight is 247 g/mol. The van der Waals surface area contributed by atoms with E-state index in [-0.39, 0.29) is 10.8 Å². The molecule has 3 heteroatoms. The molecule has 18 heavy (non-hydrogen) atoms. The molecule has 0 N–H and O–H groups in total. The van der Waals surface area contributed by atoms with E-state index < -0.39 is 0 Å². The van der Waals surface area contributed by atoms with E-state index in [1.165, 1.54) is 5.57 Å². The summed E-state index contributed by atoms with van der Waals surface area (Å²) in [6, 6.07) is 0. The van der Waals surface area contributed by atoms with Gasteiger partial charge in [0.2, 0.25) is 5.90 Å². The van der Waals surface area contributed by atoms with Crippen molar-refractivity contribution in [1.29, 1.82) is 0 Å². The van der Waals surface area contributed by atoms with Crippen LogP contribution in [0.1, 0.15) is 27.7 Å². The summed E-state index contributed by atoms with van der Waals surface area (Å²) in [6.45, 7) is 9.66. The molecule has 2 rings (SSSR count). The topological polar surface area (TPSA) is 30.8 Å². The minimum atomic E-state index is -0.340. The number of hydrogen-bond acceptors (Lipinski definition) is 3. The monoisotopic (exact) mass is 247 g/mol. The lowest BCUT2D eigenvalue weighted by Gasteiger charge is -2.29. The summed E-state index contributed by atoms with van der Waals surface area (Å²) in [5, 5.41) is 4.04. The zero-order valence-corrected chi connectivity index (χ0v) is 11.6. The Bertz CT molecular complexity index is 443. The van der Waals surface area contributed by atoms with Gasteiger partial charge in [0, 0.05) is 5.41 Å². The van der Waals surface area contributed by atoms with E-state index in [1.54, 1.807) is 0 Å². The number of oxime groups is 1. The Hall–Kier alpha value is -1.51. The number of rotatable bonds is 1. The third-order valence-corrected chi connectivity index (χ3v) is 3.17. The van der Waals surface area contributed by atoms with Gasteiger partial charge in [-0.25, -0.2) is 0 Å². The van der Waals surface area contributed by atoms with Gasteiger partial charge in [0.25, 0.3) is 0 Å². The molecular formula is C15H21NO2. The summed E-state index contributed by atoms with van der Waals surface area (Å²) in [6.07, 6.45) is 10.8. The van der Waals surface area contributed by atoms with Crippen molar-refractivity contribution in [2.45, 2.75) is 27.7 Å². The zero-order chi connectivity index (χ0) is 13.2. The lowest BCUT2D eigenvalue weighted by Crippen LogP contribution is -2.31. The Morgan fingerprint density at radius 3 is 2.56 bits per heavy atom. The van der Waals surface area contributed by atoms with Crippen molar-refractivity contribution in [2.24, 2.45) is 16.0 Å². The number of hydrogen-bond donors (Lipinski definition) is 0. The molecule has 0 bridgehead atoms. The highest BCUT2D eigenvalue weighted by Gasteiger charge is 2.31. The molecular weight excluding hydrogens is 226 g/mol. The third-order valence-electron chi connectivity index (χ3n) is 3.17. The molecule has 1 aliphatic heterocycles. The smallest absolute Gasteiger partial charge is 0.239 e. The summed E-state index contributed by atoms with van der Waals surface area (Å²) < 4.78 is 5.62. The minimum absolute atomic E-state index is 0.0339. The molecule has 1 atom stereocenters. The maximum atomic E-state index is 5.62. The Balaban J connectivity index is 2.38. The standard InChI is InChI=1S/C15H21NO2/c1-12-5-6-15(4,8-7-14(2,3)11-12)13-16-18-10-9-17-13/h5-8,11H,9-10H2,1-4H3/b6-5-,8-7-,12-11-. The first-order valence-electron chi connectivity index (χ1n) is 6.34. The van der Waals surface area contributed by atoms with Crippen LogP contribution in [0.3, 0.4) is 0 Å². The van der Waals surface area contributed by atoms with Crippen LogP contribution in [0.4, 0.5) is 0 Å². The van der Waals surface area contributed by atoms with Crippen molar-refractivity contribution in [1.82, 2.24) is 0 Å². The second kappa shape index (κ2) is 4.63. The van der Waals surface area contributed by atoms with Gasteiger partial charge in [-0.3, -0.25) is 0 Å². The fourth-order valence-electron chi connectivity index (χ4n) is 2.13. The summed E-state index contributed by atoms with van der Waals surface area (Å²) in [7, 11) is 0. The fraction of sp³-hybridized carbons (Fsp3) is 0.533. The molecule has 0 radical (unpaired) electrons. The van der Waals surface area contributed by atoms with Crippen LogP contribution >= 0.6 is 0 Å². The predicted octanol–water partition coefficient (Wildman–Crippen LogP) is 3.45. The third kappa shape index (κ3) is 2.84. The van der Waals surface area contributed by atoms with Crippen LogP contribution in [0.2, 0.25) is 0 Å². The Morgan fingerprint density at radius 2 is 1.89 bits per heavy atom. The van der Waals surface area contributed by atoms with Crippen molar-refractivity contribution >= 4 is 5.90 Å². The molecule has 0 aromatic carbocycles. The molecule has 2 aliphatic rings. The van der Waals surface area contributed by atoms with E-state index in [0.717, 1.165) is 0 Å². The zero-order valence-electron chi connectivity index (χ0n) is 11.6. The molecule has 1 unspecified atom stereocenters. The number of nitrogens with zero attached hydrogens (tertiary/aromatic N) is 1. The summed E-state index contributed by atoms with van der Waals surface area (Å²) in [5.74, 6) is 0.631. The molecule has 0 fully saturated rings. The van der Waals surface area contributed by atoms with Crippen LogP contribution in [0.5, 0.6) is 0 Å². The molecule has 0 amide bonds. The minimum Gasteiger partial charge on any atom is -0.474 e. The molecule has 0 aromatic heterocycles. The van der Waals surface area contributed by atoms with Crippen molar-refractivity contribution in [3.8, 4) is 0 Å². The maximum Gasteiger partial charge on any atom is 0.239 e. The van der Waals surface area contributed by atoms with Gasteiger partial charge < -0.3 is 9.57 Å². The van der Waals surface area contributed by atoms with Gasteiger partial charge in [0.15, 0.2) is 6.61 Å². The SMILES string of the molecule is CC1=C/C(C)(C)/C=C\C(C)(C2=NOCCO2)/C=C\1. The number of ether oxygens (including phenoxy) is 1. The van der Waals surface area contributed by atoms with Crippen LogP contribution in [-0.4, -0.2) is 19.1 Å². The highest BCUT2D eigenvalue weighted by atomic mass is 16.7. The number of allylic oxidation sites excluding steroid dienone is 4. The molecule has 0 aromatic rings. The first-order valence-corrected chi connectivity index (χ1v) is 6.34. The molecule has 1 aliphatic carbocycles. The van der Waals surface area contributed by atoms with Crippen LogP contribution in [0, 0.1) is 10.8 Å². The molecule has 0 saturated heterocycles. The van der Waals surface area contributed by atoms with Crippen molar-refractivity contribution < 1.29 is 9.57 Å². The van der Waals surface area contributed by atoms with E-state index in [0.29, 0.717) is 19.1 Å². The van der Waals surface area contributed by atoms with Gasteiger partial charge in [-0.2, -0.15) is 0 Å². The van der Waals surface area contributed by atoms with Crippen LogP contribution in [0.15, 0.2) is 41.1 Å². The lowest BCUT2D eigenvalue weighted by molar-refractivity contribution is 0.0562. The maximum absolute atomic E-state index is 5.62. The van der Waals surface area contributed by atoms with E-state index in [2.05, 4.69) is 63.2 Å². The van der Waals surface area contributed by atoms with Gasteiger partial charge in [0.1, 0.15) is 6.61 Å². The van der Waals surface area contributed by atoms with E-state index in [1.807, 2.05) is 0 Å². The Morgan fingerprint density at radius 1 is 1.11 bits per heavy atom. The quantitative estimate of drug-likeness (QED) is 0.664. The van der Waals surface area contributed by atoms with Gasteiger partial charge >= 0.3 is 0 Å². The predicted molar refractivity (Wildman–Crippen MR) is 73.3 cm³/mol. The molecule has 0 spiro atoms. The van der Waals surface area contributed by atoms with Gasteiger partial charge in [-0.15, -0.1) is 0 Å². The molecule has 1 heterocycles. The highest BCUT2D eigenvalue weighted by Crippen LogP contribution is 2.32. The normalized spacial score (nSPS) is 36.9. The molecule has 0 saturated carbocycles. The summed E-state index contributed by atoms with van der Waals surface area (Å²) in [4.78, 5) is 5.13. The average Bonchev–Trinajstić information content (AvgIpc) is 2.34. The second-order valence-electron chi connectivity index (χ2n) is 5.74. The summed E-state index contributed by atoms with van der Waals surface area (Å²) in [5.41, 5.74) is 0.937. The largest absolute Gasteiger partial charge is 0.474 e. The highest BCUT2D eigenvalue weighted by molar-refractivity contribution is 5.86. The van der Waals surface area contributed by atoms with Crippen molar-refractivity contribution in [2.75, 3.05) is 13.2 Å². The lowest BCUT2D eigenvalue weighted by atomic mass is 9.81.